The Bertz CT molecular complexity index is 413. The van der Waals surface area contributed by atoms with Gasteiger partial charge in [-0.25, -0.2) is 4.99 Å². The molecule has 4 nitrogen and oxygen atoms in total. The fourth-order valence-corrected chi connectivity index (χ4v) is 1.45. The van der Waals surface area contributed by atoms with Crippen LogP contribution in [0.2, 0.25) is 5.02 Å². The smallest absolute Gasteiger partial charge is 0.248 e. The van der Waals surface area contributed by atoms with E-state index in [2.05, 4.69) is 10.3 Å². The van der Waals surface area contributed by atoms with Gasteiger partial charge in [0.05, 0.1) is 0 Å². The highest BCUT2D eigenvalue weighted by Gasteiger charge is 2.17. The molecule has 0 bridgehead atoms. The summed E-state index contributed by atoms with van der Waals surface area (Å²) in [6.07, 6.45) is 0. The predicted molar refractivity (Wildman–Crippen MR) is 60.3 cm³/mol. The molecule has 1 aromatic carbocycles. The van der Waals surface area contributed by atoms with Gasteiger partial charge in [0.25, 0.3) is 0 Å². The van der Waals surface area contributed by atoms with Crippen LogP contribution < -0.4 is 10.2 Å². The Labute approximate surface area is 92.6 Å². The molecule has 0 saturated carbocycles. The topological polar surface area (TPSA) is 44.7 Å². The SMILES string of the molecule is CN(C1=NCC(=O)N1)c1ccc(Cl)cc1. The number of benzene rings is 1. The maximum atomic E-state index is 11.0. The molecule has 1 N–H and O–H groups in total. The fraction of sp³-hybridized carbons (Fsp3) is 0.200. The number of carbonyl (C=O) groups is 1. The molecule has 5 heteroatoms. The van der Waals surface area contributed by atoms with Crippen LogP contribution in [0.15, 0.2) is 29.3 Å². The first-order valence-corrected chi connectivity index (χ1v) is 4.88. The van der Waals surface area contributed by atoms with Crippen LogP contribution in [0.3, 0.4) is 0 Å². The van der Waals surface area contributed by atoms with Crippen LogP contribution in [0.1, 0.15) is 0 Å². The number of rotatable bonds is 1. The number of amides is 1. The number of anilines is 1. The maximum absolute atomic E-state index is 11.0. The van der Waals surface area contributed by atoms with Crippen molar-refractivity contribution in [1.82, 2.24) is 5.32 Å². The molecule has 1 aliphatic rings. The fourth-order valence-electron chi connectivity index (χ4n) is 1.33. The summed E-state index contributed by atoms with van der Waals surface area (Å²) in [6, 6.07) is 7.33. The molecule has 0 unspecified atom stereocenters. The minimum Gasteiger partial charge on any atom is -0.315 e. The molecule has 0 atom stereocenters. The molecule has 0 radical (unpaired) electrons. The molecule has 0 saturated heterocycles. The zero-order valence-corrected chi connectivity index (χ0v) is 8.95. The second kappa shape index (κ2) is 3.90. The van der Waals surface area contributed by atoms with Gasteiger partial charge in [0.15, 0.2) is 0 Å². The Kier molecular flexibility index (Phi) is 2.60. The summed E-state index contributed by atoms with van der Waals surface area (Å²) in [7, 11) is 1.84. The van der Waals surface area contributed by atoms with E-state index in [1.807, 2.05) is 19.2 Å². The van der Waals surface area contributed by atoms with Crippen molar-refractivity contribution in [2.24, 2.45) is 4.99 Å². The van der Waals surface area contributed by atoms with Gasteiger partial charge in [0.2, 0.25) is 11.9 Å². The standard InChI is InChI=1S/C10H10ClN3O/c1-14(10-12-6-9(15)13-10)8-4-2-7(11)3-5-8/h2-5H,6H2,1H3,(H,12,13,15). The Balaban J connectivity index is 2.17. The normalized spacial score (nSPS) is 14.8. The van der Waals surface area contributed by atoms with Gasteiger partial charge in [-0.1, -0.05) is 11.6 Å². The summed E-state index contributed by atoms with van der Waals surface area (Å²) in [5.41, 5.74) is 0.931. The number of guanidine groups is 1. The van der Waals surface area contributed by atoms with Crippen molar-refractivity contribution >= 4 is 29.2 Å². The first kappa shape index (κ1) is 9.98. The van der Waals surface area contributed by atoms with Crippen LogP contribution in [0, 0.1) is 0 Å². The van der Waals surface area contributed by atoms with Crippen LogP contribution in [0.5, 0.6) is 0 Å². The van der Waals surface area contributed by atoms with Crippen LogP contribution in [0.4, 0.5) is 5.69 Å². The number of hydrogen-bond donors (Lipinski definition) is 1. The second-order valence-electron chi connectivity index (χ2n) is 3.22. The van der Waals surface area contributed by atoms with Crippen molar-refractivity contribution < 1.29 is 4.79 Å². The summed E-state index contributed by atoms with van der Waals surface area (Å²) in [5, 5.41) is 3.36. The monoisotopic (exact) mass is 223 g/mol. The maximum Gasteiger partial charge on any atom is 0.248 e. The van der Waals surface area contributed by atoms with Crippen LogP contribution in [-0.4, -0.2) is 25.5 Å². The Morgan fingerprint density at radius 2 is 2.07 bits per heavy atom. The second-order valence-corrected chi connectivity index (χ2v) is 3.66. The molecule has 1 aliphatic heterocycles. The van der Waals surface area contributed by atoms with E-state index in [0.717, 1.165) is 5.69 Å². The van der Waals surface area contributed by atoms with Gasteiger partial charge in [0.1, 0.15) is 6.54 Å². The van der Waals surface area contributed by atoms with Crippen LogP contribution in [0.25, 0.3) is 0 Å². The first-order valence-electron chi connectivity index (χ1n) is 4.50. The van der Waals surface area contributed by atoms with Gasteiger partial charge in [-0.05, 0) is 24.3 Å². The predicted octanol–water partition coefficient (Wildman–Crippen LogP) is 1.26. The van der Waals surface area contributed by atoms with Crippen LogP contribution in [-0.2, 0) is 4.79 Å². The van der Waals surface area contributed by atoms with E-state index < -0.39 is 0 Å². The minimum absolute atomic E-state index is 0.0780. The van der Waals surface area contributed by atoms with Gasteiger partial charge in [-0.3, -0.25) is 10.1 Å². The van der Waals surface area contributed by atoms with Gasteiger partial charge in [-0.2, -0.15) is 0 Å². The highest BCUT2D eigenvalue weighted by atomic mass is 35.5. The average Bonchev–Trinajstić information content (AvgIpc) is 2.65. The molecule has 0 fully saturated rings. The van der Waals surface area contributed by atoms with Crippen LogP contribution >= 0.6 is 11.6 Å². The summed E-state index contributed by atoms with van der Waals surface area (Å²) in [4.78, 5) is 16.8. The van der Waals surface area contributed by atoms with E-state index in [9.17, 15) is 4.79 Å². The third kappa shape index (κ3) is 2.10. The number of nitrogens with zero attached hydrogens (tertiary/aromatic N) is 2. The highest BCUT2D eigenvalue weighted by Crippen LogP contribution is 2.17. The van der Waals surface area contributed by atoms with E-state index in [-0.39, 0.29) is 12.5 Å². The summed E-state index contributed by atoms with van der Waals surface area (Å²) in [5.74, 6) is 0.494. The zero-order valence-electron chi connectivity index (χ0n) is 8.20. The van der Waals surface area contributed by atoms with E-state index in [1.54, 1.807) is 17.0 Å². The van der Waals surface area contributed by atoms with Crippen molar-refractivity contribution in [3.05, 3.63) is 29.3 Å². The molecular formula is C10H10ClN3O. The first-order chi connectivity index (χ1) is 7.16. The number of halogens is 1. The molecule has 0 spiro atoms. The molecule has 15 heavy (non-hydrogen) atoms. The quantitative estimate of drug-likeness (QED) is 0.779. The lowest BCUT2D eigenvalue weighted by Gasteiger charge is -2.18. The van der Waals surface area contributed by atoms with Crippen molar-refractivity contribution in [1.29, 1.82) is 0 Å². The number of nitrogens with one attached hydrogen (secondary N) is 1. The number of aliphatic imine (C=N–C) groups is 1. The third-order valence-corrected chi connectivity index (χ3v) is 2.41. The van der Waals surface area contributed by atoms with E-state index in [0.29, 0.717) is 11.0 Å². The van der Waals surface area contributed by atoms with Crippen molar-refractivity contribution in [2.45, 2.75) is 0 Å². The van der Waals surface area contributed by atoms with Gasteiger partial charge in [0, 0.05) is 17.8 Å². The molecular weight excluding hydrogens is 214 g/mol. The lowest BCUT2D eigenvalue weighted by atomic mass is 10.3. The number of hydrogen-bond acceptors (Lipinski definition) is 3. The zero-order chi connectivity index (χ0) is 10.8. The molecule has 78 valence electrons. The Morgan fingerprint density at radius 3 is 2.60 bits per heavy atom. The molecule has 1 amide bonds. The van der Waals surface area contributed by atoms with Gasteiger partial charge >= 0.3 is 0 Å². The largest absolute Gasteiger partial charge is 0.315 e. The lowest BCUT2D eigenvalue weighted by Crippen LogP contribution is -2.37. The van der Waals surface area contributed by atoms with Gasteiger partial charge in [-0.15, -0.1) is 0 Å². The van der Waals surface area contributed by atoms with E-state index in [4.69, 9.17) is 11.6 Å². The third-order valence-electron chi connectivity index (χ3n) is 2.16. The van der Waals surface area contributed by atoms with Crippen molar-refractivity contribution in [3.63, 3.8) is 0 Å². The molecule has 0 aromatic heterocycles. The average molecular weight is 224 g/mol. The van der Waals surface area contributed by atoms with Gasteiger partial charge < -0.3 is 4.90 Å². The van der Waals surface area contributed by atoms with E-state index in [1.165, 1.54) is 0 Å². The molecule has 2 rings (SSSR count). The summed E-state index contributed by atoms with van der Waals surface area (Å²) >= 11 is 5.78. The molecule has 0 aliphatic carbocycles. The molecule has 1 heterocycles. The Morgan fingerprint density at radius 1 is 1.40 bits per heavy atom. The Hall–Kier alpha value is -1.55. The van der Waals surface area contributed by atoms with Crippen molar-refractivity contribution in [3.8, 4) is 0 Å². The molecule has 1 aromatic rings. The number of carbonyl (C=O) groups excluding carboxylic acids is 1. The summed E-state index contributed by atoms with van der Waals surface area (Å²) < 4.78 is 0. The van der Waals surface area contributed by atoms with E-state index >= 15 is 0 Å². The summed E-state index contributed by atoms with van der Waals surface area (Å²) in [6.45, 7) is 0.202. The lowest BCUT2D eigenvalue weighted by molar-refractivity contribution is -0.117. The highest BCUT2D eigenvalue weighted by molar-refractivity contribution is 6.30. The minimum atomic E-state index is -0.0780. The van der Waals surface area contributed by atoms with Crippen molar-refractivity contribution in [2.75, 3.05) is 18.5 Å².